The number of hydrogen-bond donors (Lipinski definition) is 1. The summed E-state index contributed by atoms with van der Waals surface area (Å²) in [5.41, 5.74) is 9.04. The van der Waals surface area contributed by atoms with Crippen LogP contribution in [0.4, 0.5) is 0 Å². The fourth-order valence-corrected chi connectivity index (χ4v) is 3.63. The van der Waals surface area contributed by atoms with Crippen LogP contribution in [-0.4, -0.2) is 18.8 Å². The normalized spacial score (nSPS) is 22.0. The third-order valence-electron chi connectivity index (χ3n) is 5.18. The van der Waals surface area contributed by atoms with Crippen molar-refractivity contribution in [3.63, 3.8) is 0 Å². The van der Waals surface area contributed by atoms with Crippen LogP contribution in [0.1, 0.15) is 50.7 Å². The van der Waals surface area contributed by atoms with Crippen LogP contribution in [0.2, 0.25) is 5.02 Å². The summed E-state index contributed by atoms with van der Waals surface area (Å²) in [7, 11) is 1.80. The van der Waals surface area contributed by atoms with Crippen LogP contribution in [0.15, 0.2) is 18.2 Å². The largest absolute Gasteiger partial charge is 0.377 e. The molecule has 0 spiro atoms. The Labute approximate surface area is 134 Å². The second-order valence-electron chi connectivity index (χ2n) is 7.34. The van der Waals surface area contributed by atoms with Gasteiger partial charge in [0.15, 0.2) is 0 Å². The number of methoxy groups -OCH3 is 1. The molecule has 2 N–H and O–H groups in total. The number of nitrogens with two attached hydrogens (primary N) is 1. The van der Waals surface area contributed by atoms with E-state index in [4.69, 9.17) is 22.1 Å². The molecule has 1 aliphatic carbocycles. The zero-order chi connectivity index (χ0) is 15.7. The molecule has 0 bridgehead atoms. The second kappa shape index (κ2) is 6.28. The molecule has 118 valence electrons. The van der Waals surface area contributed by atoms with E-state index in [1.807, 2.05) is 6.07 Å². The lowest BCUT2D eigenvalue weighted by atomic mass is 9.68. The van der Waals surface area contributed by atoms with Crippen LogP contribution in [0, 0.1) is 12.3 Å². The van der Waals surface area contributed by atoms with Crippen LogP contribution < -0.4 is 5.73 Å². The first kappa shape index (κ1) is 16.8. The summed E-state index contributed by atoms with van der Waals surface area (Å²) < 4.78 is 5.90. The number of benzene rings is 1. The van der Waals surface area contributed by atoms with E-state index in [-0.39, 0.29) is 11.6 Å². The lowest BCUT2D eigenvalue weighted by molar-refractivity contribution is -0.0781. The van der Waals surface area contributed by atoms with E-state index in [1.54, 1.807) is 7.11 Å². The van der Waals surface area contributed by atoms with E-state index in [2.05, 4.69) is 32.9 Å². The molecule has 0 aromatic heterocycles. The quantitative estimate of drug-likeness (QED) is 0.888. The minimum atomic E-state index is -0.205. The number of hydrogen-bond acceptors (Lipinski definition) is 2. The highest BCUT2D eigenvalue weighted by Gasteiger charge is 2.42. The van der Waals surface area contributed by atoms with Gasteiger partial charge in [0, 0.05) is 18.2 Å². The van der Waals surface area contributed by atoms with E-state index < -0.39 is 0 Å². The third kappa shape index (κ3) is 3.80. The maximum atomic E-state index is 6.54. The minimum Gasteiger partial charge on any atom is -0.377 e. The molecule has 0 aliphatic heterocycles. The van der Waals surface area contributed by atoms with Gasteiger partial charge < -0.3 is 10.5 Å². The molecule has 0 radical (unpaired) electrons. The van der Waals surface area contributed by atoms with Gasteiger partial charge in [-0.2, -0.15) is 0 Å². The molecule has 3 heteroatoms. The molecule has 1 aliphatic rings. The number of rotatable bonds is 4. The average Bonchev–Trinajstić information content (AvgIpc) is 2.42. The molecule has 0 saturated heterocycles. The van der Waals surface area contributed by atoms with E-state index in [9.17, 15) is 0 Å². The molecule has 1 unspecified atom stereocenters. The van der Waals surface area contributed by atoms with E-state index in [0.29, 0.717) is 5.41 Å². The summed E-state index contributed by atoms with van der Waals surface area (Å²) in [6.07, 6.45) is 5.15. The van der Waals surface area contributed by atoms with Crippen molar-refractivity contribution < 1.29 is 4.74 Å². The van der Waals surface area contributed by atoms with Crippen molar-refractivity contribution in [1.82, 2.24) is 0 Å². The monoisotopic (exact) mass is 309 g/mol. The molecule has 1 atom stereocenters. The van der Waals surface area contributed by atoms with E-state index in [0.717, 1.165) is 42.7 Å². The predicted octanol–water partition coefficient (Wildman–Crippen LogP) is 4.50. The SMILES string of the molecule is COC1(C(N)Cc2ccc(C)cc2Cl)CCC(C)(C)CC1. The molecule has 1 aromatic rings. The standard InChI is InChI=1S/C18H28ClNO/c1-13-5-6-14(15(19)11-13)12-16(20)18(21-4)9-7-17(2,3)8-10-18/h5-6,11,16H,7-10,12,20H2,1-4H3. The second-order valence-corrected chi connectivity index (χ2v) is 7.75. The molecule has 2 rings (SSSR count). The molecule has 0 amide bonds. The molecular formula is C18H28ClNO. The topological polar surface area (TPSA) is 35.2 Å². The Balaban J connectivity index is 2.12. The first-order valence-corrected chi connectivity index (χ1v) is 8.22. The van der Waals surface area contributed by atoms with Crippen molar-refractivity contribution >= 4 is 11.6 Å². The number of aryl methyl sites for hydroxylation is 1. The highest BCUT2D eigenvalue weighted by Crippen LogP contribution is 2.43. The Hall–Kier alpha value is -0.570. The van der Waals surface area contributed by atoms with Gasteiger partial charge in [0.05, 0.1) is 5.60 Å². The lowest BCUT2D eigenvalue weighted by Gasteiger charge is -2.46. The Morgan fingerprint density at radius 1 is 1.24 bits per heavy atom. The first-order chi connectivity index (χ1) is 9.78. The molecule has 0 heterocycles. The van der Waals surface area contributed by atoms with Crippen LogP contribution in [0.3, 0.4) is 0 Å². The average molecular weight is 310 g/mol. The fourth-order valence-electron chi connectivity index (χ4n) is 3.32. The summed E-state index contributed by atoms with van der Waals surface area (Å²) in [6.45, 7) is 6.71. The van der Waals surface area contributed by atoms with Gasteiger partial charge in [-0.3, -0.25) is 0 Å². The summed E-state index contributed by atoms with van der Waals surface area (Å²) in [4.78, 5) is 0. The zero-order valence-electron chi connectivity index (χ0n) is 13.7. The maximum Gasteiger partial charge on any atom is 0.0832 e. The maximum absolute atomic E-state index is 6.54. The van der Waals surface area contributed by atoms with Gasteiger partial charge >= 0.3 is 0 Å². The van der Waals surface area contributed by atoms with Crippen molar-refractivity contribution in [3.05, 3.63) is 34.3 Å². The smallest absolute Gasteiger partial charge is 0.0832 e. The van der Waals surface area contributed by atoms with Gasteiger partial charge in [-0.15, -0.1) is 0 Å². The van der Waals surface area contributed by atoms with Crippen molar-refractivity contribution in [3.8, 4) is 0 Å². The van der Waals surface area contributed by atoms with Gasteiger partial charge in [-0.1, -0.05) is 37.6 Å². The van der Waals surface area contributed by atoms with E-state index in [1.165, 1.54) is 5.56 Å². The van der Waals surface area contributed by atoms with Gasteiger partial charge in [0.1, 0.15) is 0 Å². The zero-order valence-corrected chi connectivity index (χ0v) is 14.5. The van der Waals surface area contributed by atoms with Crippen LogP contribution in [0.5, 0.6) is 0 Å². The van der Waals surface area contributed by atoms with Gasteiger partial charge in [0.25, 0.3) is 0 Å². The number of halogens is 1. The van der Waals surface area contributed by atoms with Crippen LogP contribution in [-0.2, 0) is 11.2 Å². The highest BCUT2D eigenvalue weighted by atomic mass is 35.5. The molecule has 1 fully saturated rings. The molecular weight excluding hydrogens is 282 g/mol. The molecule has 21 heavy (non-hydrogen) atoms. The highest BCUT2D eigenvalue weighted by molar-refractivity contribution is 6.31. The molecule has 1 aromatic carbocycles. The van der Waals surface area contributed by atoms with Crippen molar-refractivity contribution in [1.29, 1.82) is 0 Å². The predicted molar refractivity (Wildman–Crippen MR) is 89.9 cm³/mol. The Morgan fingerprint density at radius 3 is 2.38 bits per heavy atom. The van der Waals surface area contributed by atoms with Crippen molar-refractivity contribution in [2.75, 3.05) is 7.11 Å². The Morgan fingerprint density at radius 2 is 1.86 bits per heavy atom. The van der Waals surface area contributed by atoms with Crippen LogP contribution >= 0.6 is 11.6 Å². The van der Waals surface area contributed by atoms with Crippen LogP contribution in [0.25, 0.3) is 0 Å². The lowest BCUT2D eigenvalue weighted by Crippen LogP contribution is -2.53. The Bertz CT molecular complexity index is 488. The fraction of sp³-hybridized carbons (Fsp3) is 0.667. The summed E-state index contributed by atoms with van der Waals surface area (Å²) in [6, 6.07) is 6.18. The van der Waals surface area contributed by atoms with Crippen molar-refractivity contribution in [2.24, 2.45) is 11.1 Å². The van der Waals surface area contributed by atoms with Gasteiger partial charge in [-0.05, 0) is 61.6 Å². The number of ether oxygens (including phenoxy) is 1. The van der Waals surface area contributed by atoms with Crippen molar-refractivity contribution in [2.45, 2.75) is 64.5 Å². The molecule has 1 saturated carbocycles. The van der Waals surface area contributed by atoms with E-state index >= 15 is 0 Å². The van der Waals surface area contributed by atoms with Gasteiger partial charge in [-0.25, -0.2) is 0 Å². The minimum absolute atomic E-state index is 0.0150. The summed E-state index contributed by atoms with van der Waals surface area (Å²) in [5.74, 6) is 0. The third-order valence-corrected chi connectivity index (χ3v) is 5.53. The Kier molecular flexibility index (Phi) is 5.02. The molecule has 2 nitrogen and oxygen atoms in total. The first-order valence-electron chi connectivity index (χ1n) is 7.84. The summed E-state index contributed by atoms with van der Waals surface area (Å²) in [5, 5.41) is 0.813. The summed E-state index contributed by atoms with van der Waals surface area (Å²) >= 11 is 6.35. The van der Waals surface area contributed by atoms with Gasteiger partial charge in [0.2, 0.25) is 0 Å².